The molecule has 0 aromatic heterocycles. The number of nitrogens with one attached hydrogen (secondary N) is 2. The number of benzene rings is 1. The number of esters is 1. The fourth-order valence-corrected chi connectivity index (χ4v) is 2.98. The van der Waals surface area contributed by atoms with Crippen molar-refractivity contribution in [2.24, 2.45) is 5.92 Å². The fourth-order valence-electron chi connectivity index (χ4n) is 2.70. The van der Waals surface area contributed by atoms with E-state index in [1.807, 2.05) is 0 Å². The van der Waals surface area contributed by atoms with Crippen LogP contribution in [0.4, 0.5) is 13.2 Å². The minimum atomic E-state index is -5.23. The van der Waals surface area contributed by atoms with Gasteiger partial charge in [-0.05, 0) is 36.8 Å². The standard InChI is InChI=1S/C15H17F3N2O5S/c1-3-25-12(22)10-11(7-4-5-8(21)9(6-7)24-2)19-13(26)20-14(10,23)15(16,17)18/h4-6,10-11,21,23H,3H2,1-2H3,(H2,19,20,26)/t10-,11-,14+/m0/s1. The lowest BCUT2D eigenvalue weighted by Gasteiger charge is -2.45. The number of hydrogen-bond donors (Lipinski definition) is 4. The topological polar surface area (TPSA) is 100 Å². The summed E-state index contributed by atoms with van der Waals surface area (Å²) in [6.07, 6.45) is -5.23. The first-order valence-electron chi connectivity index (χ1n) is 7.46. The molecule has 1 aliphatic rings. The van der Waals surface area contributed by atoms with E-state index < -0.39 is 34.9 Å². The number of ether oxygens (including phenoxy) is 2. The third-order valence-electron chi connectivity index (χ3n) is 3.91. The Morgan fingerprint density at radius 1 is 1.42 bits per heavy atom. The zero-order chi connectivity index (χ0) is 19.7. The zero-order valence-corrected chi connectivity index (χ0v) is 14.6. The maximum Gasteiger partial charge on any atom is 0.437 e. The van der Waals surface area contributed by atoms with E-state index >= 15 is 0 Å². The molecule has 1 aliphatic heterocycles. The van der Waals surface area contributed by atoms with Crippen LogP contribution < -0.4 is 15.4 Å². The minimum Gasteiger partial charge on any atom is -0.504 e. The van der Waals surface area contributed by atoms with Crippen molar-refractivity contribution in [1.29, 1.82) is 0 Å². The summed E-state index contributed by atoms with van der Waals surface area (Å²) >= 11 is 4.78. The van der Waals surface area contributed by atoms with E-state index in [0.717, 1.165) is 0 Å². The Kier molecular flexibility index (Phi) is 5.52. The van der Waals surface area contributed by atoms with E-state index in [9.17, 15) is 28.2 Å². The molecule has 1 aromatic carbocycles. The Hall–Kier alpha value is -2.27. The Morgan fingerprint density at radius 2 is 2.08 bits per heavy atom. The molecule has 0 saturated carbocycles. The summed E-state index contributed by atoms with van der Waals surface area (Å²) in [6.45, 7) is 1.25. The van der Waals surface area contributed by atoms with Gasteiger partial charge in [0.25, 0.3) is 5.72 Å². The summed E-state index contributed by atoms with van der Waals surface area (Å²) in [5.74, 6) is -3.64. The van der Waals surface area contributed by atoms with Crippen molar-refractivity contribution in [1.82, 2.24) is 10.6 Å². The Morgan fingerprint density at radius 3 is 2.62 bits per heavy atom. The molecule has 4 N–H and O–H groups in total. The van der Waals surface area contributed by atoms with Crippen LogP contribution in [-0.4, -0.2) is 46.9 Å². The number of aromatic hydroxyl groups is 1. The van der Waals surface area contributed by atoms with Crippen molar-refractivity contribution in [3.8, 4) is 11.5 Å². The van der Waals surface area contributed by atoms with E-state index in [0.29, 0.717) is 0 Å². The molecule has 0 spiro atoms. The van der Waals surface area contributed by atoms with E-state index in [-0.39, 0.29) is 23.7 Å². The number of phenols is 1. The smallest absolute Gasteiger partial charge is 0.437 e. The van der Waals surface area contributed by atoms with Crippen LogP contribution in [0.2, 0.25) is 0 Å². The number of halogens is 3. The summed E-state index contributed by atoms with van der Waals surface area (Å²) in [4.78, 5) is 12.3. The molecule has 7 nitrogen and oxygen atoms in total. The summed E-state index contributed by atoms with van der Waals surface area (Å²) < 4.78 is 50.4. The van der Waals surface area contributed by atoms with E-state index in [4.69, 9.17) is 21.7 Å². The lowest BCUT2D eigenvalue weighted by Crippen LogP contribution is -2.73. The summed E-state index contributed by atoms with van der Waals surface area (Å²) in [5.41, 5.74) is -3.51. The molecule has 0 bridgehead atoms. The van der Waals surface area contributed by atoms with Crippen molar-refractivity contribution in [2.45, 2.75) is 24.9 Å². The van der Waals surface area contributed by atoms with Crippen LogP contribution in [0, 0.1) is 5.92 Å². The highest BCUT2D eigenvalue weighted by atomic mass is 32.1. The van der Waals surface area contributed by atoms with Crippen LogP contribution in [0.15, 0.2) is 18.2 Å². The van der Waals surface area contributed by atoms with Gasteiger partial charge in [-0.1, -0.05) is 6.07 Å². The predicted molar refractivity (Wildman–Crippen MR) is 87.4 cm³/mol. The van der Waals surface area contributed by atoms with Gasteiger partial charge in [-0.25, -0.2) is 0 Å². The molecule has 1 aromatic rings. The highest BCUT2D eigenvalue weighted by Gasteiger charge is 2.66. The molecule has 1 saturated heterocycles. The normalized spacial score (nSPS) is 25.8. The molecular weight excluding hydrogens is 377 g/mol. The minimum absolute atomic E-state index is 0.0214. The first-order valence-corrected chi connectivity index (χ1v) is 7.87. The second-order valence-corrected chi connectivity index (χ2v) is 5.91. The highest BCUT2D eigenvalue weighted by Crippen LogP contribution is 2.44. The van der Waals surface area contributed by atoms with Crippen molar-refractivity contribution in [3.63, 3.8) is 0 Å². The fraction of sp³-hybridized carbons (Fsp3) is 0.467. The van der Waals surface area contributed by atoms with Crippen LogP contribution in [0.25, 0.3) is 0 Å². The number of phenolic OH excluding ortho intramolecular Hbond substituents is 1. The van der Waals surface area contributed by atoms with Gasteiger partial charge < -0.3 is 30.3 Å². The van der Waals surface area contributed by atoms with Gasteiger partial charge in [0.1, 0.15) is 5.92 Å². The average molecular weight is 394 g/mol. The van der Waals surface area contributed by atoms with Crippen LogP contribution in [-0.2, 0) is 9.53 Å². The largest absolute Gasteiger partial charge is 0.504 e. The number of carbonyl (C=O) groups excluding carboxylic acids is 1. The Balaban J connectivity index is 2.60. The summed E-state index contributed by atoms with van der Waals surface area (Å²) in [5, 5.41) is 23.8. The van der Waals surface area contributed by atoms with Crippen LogP contribution >= 0.6 is 12.2 Å². The number of hydrogen-bond acceptors (Lipinski definition) is 6. The van der Waals surface area contributed by atoms with Gasteiger partial charge in [0.05, 0.1) is 19.8 Å². The maximum absolute atomic E-state index is 13.6. The molecule has 144 valence electrons. The van der Waals surface area contributed by atoms with Crippen molar-refractivity contribution in [2.75, 3.05) is 13.7 Å². The second-order valence-electron chi connectivity index (χ2n) is 5.50. The number of methoxy groups -OCH3 is 1. The molecule has 1 fully saturated rings. The third kappa shape index (κ3) is 3.49. The van der Waals surface area contributed by atoms with Gasteiger partial charge in [0.2, 0.25) is 0 Å². The Labute approximate surface area is 152 Å². The second kappa shape index (κ2) is 7.16. The number of aliphatic hydroxyl groups is 1. The molecule has 0 unspecified atom stereocenters. The third-order valence-corrected chi connectivity index (χ3v) is 4.13. The first-order chi connectivity index (χ1) is 12.0. The number of carbonyl (C=O) groups is 1. The predicted octanol–water partition coefficient (Wildman–Crippen LogP) is 1.35. The molecule has 3 atom stereocenters. The van der Waals surface area contributed by atoms with Gasteiger partial charge in [-0.15, -0.1) is 0 Å². The first kappa shape index (κ1) is 20.0. The zero-order valence-electron chi connectivity index (χ0n) is 13.8. The lowest BCUT2D eigenvalue weighted by molar-refractivity contribution is -0.292. The maximum atomic E-state index is 13.6. The lowest BCUT2D eigenvalue weighted by atomic mass is 9.82. The van der Waals surface area contributed by atoms with Crippen LogP contribution in [0.3, 0.4) is 0 Å². The molecule has 0 radical (unpaired) electrons. The van der Waals surface area contributed by atoms with Crippen molar-refractivity contribution >= 4 is 23.3 Å². The molecular formula is C15H17F3N2O5S. The van der Waals surface area contributed by atoms with Crippen LogP contribution in [0.5, 0.6) is 11.5 Å². The van der Waals surface area contributed by atoms with Crippen LogP contribution in [0.1, 0.15) is 18.5 Å². The van der Waals surface area contributed by atoms with Gasteiger partial charge >= 0.3 is 12.1 Å². The monoisotopic (exact) mass is 394 g/mol. The van der Waals surface area contributed by atoms with E-state index in [1.165, 1.54) is 32.2 Å². The molecule has 11 heteroatoms. The SMILES string of the molecule is CCOC(=O)[C@@H]1[C@H](c2ccc(O)c(OC)c2)NC(=S)N[C@]1(O)C(F)(F)F. The quantitative estimate of drug-likeness (QED) is 0.449. The summed E-state index contributed by atoms with van der Waals surface area (Å²) in [7, 11) is 1.26. The molecule has 1 heterocycles. The van der Waals surface area contributed by atoms with E-state index in [2.05, 4.69) is 5.32 Å². The van der Waals surface area contributed by atoms with Gasteiger partial charge in [-0.3, -0.25) is 4.79 Å². The number of alkyl halides is 3. The van der Waals surface area contributed by atoms with Gasteiger partial charge in [-0.2, -0.15) is 13.2 Å². The summed E-state index contributed by atoms with van der Waals surface area (Å²) in [6, 6.07) is 2.33. The average Bonchev–Trinajstić information content (AvgIpc) is 2.53. The van der Waals surface area contributed by atoms with Gasteiger partial charge in [0.15, 0.2) is 16.6 Å². The molecule has 0 amide bonds. The highest BCUT2D eigenvalue weighted by molar-refractivity contribution is 7.80. The molecule has 26 heavy (non-hydrogen) atoms. The van der Waals surface area contributed by atoms with Crippen molar-refractivity contribution in [3.05, 3.63) is 23.8 Å². The Bertz CT molecular complexity index is 715. The number of rotatable bonds is 4. The molecule has 2 rings (SSSR count). The number of thiocarbonyl (C=S) groups is 1. The van der Waals surface area contributed by atoms with Gasteiger partial charge in [0, 0.05) is 0 Å². The van der Waals surface area contributed by atoms with Crippen molar-refractivity contribution < 1.29 is 37.7 Å². The molecule has 0 aliphatic carbocycles. The van der Waals surface area contributed by atoms with E-state index in [1.54, 1.807) is 5.32 Å².